The van der Waals surface area contributed by atoms with E-state index in [0.717, 1.165) is 6.42 Å². The van der Waals surface area contributed by atoms with Crippen molar-refractivity contribution >= 4 is 5.97 Å². The fraction of sp³-hybridized carbons (Fsp3) is 0.700. The van der Waals surface area contributed by atoms with Crippen LogP contribution in [0.4, 0.5) is 0 Å². The predicted molar refractivity (Wildman–Crippen MR) is 46.3 cm³/mol. The van der Waals surface area contributed by atoms with Gasteiger partial charge in [0.25, 0.3) is 0 Å². The number of hydrogen-bond donors (Lipinski definition) is 0. The third-order valence-corrected chi connectivity index (χ3v) is 2.33. The van der Waals surface area contributed by atoms with Crippen LogP contribution in [-0.4, -0.2) is 12.1 Å². The zero-order valence-corrected chi connectivity index (χ0v) is 7.76. The molecule has 0 aromatic rings. The van der Waals surface area contributed by atoms with Crippen molar-refractivity contribution in [3.05, 3.63) is 0 Å². The van der Waals surface area contributed by atoms with Gasteiger partial charge in [0.05, 0.1) is 5.92 Å². The molecule has 0 aromatic heterocycles. The molecule has 0 radical (unpaired) electrons. The monoisotopic (exact) mass is 166 g/mol. The Bertz CT molecular complexity index is 235. The molecule has 1 fully saturated rings. The van der Waals surface area contributed by atoms with E-state index >= 15 is 0 Å². The minimum Gasteiger partial charge on any atom is -0.449 e. The van der Waals surface area contributed by atoms with Gasteiger partial charge in [-0.2, -0.15) is 0 Å². The molecule has 1 saturated carbocycles. The molecule has 0 spiro atoms. The topological polar surface area (TPSA) is 26.3 Å². The first-order chi connectivity index (χ1) is 5.47. The summed E-state index contributed by atoms with van der Waals surface area (Å²) in [6, 6.07) is 0. The number of hydrogen-bond acceptors (Lipinski definition) is 2. The molecule has 2 atom stereocenters. The van der Waals surface area contributed by atoms with E-state index in [0.29, 0.717) is 0 Å². The first kappa shape index (κ1) is 9.12. The van der Waals surface area contributed by atoms with E-state index < -0.39 is 6.10 Å². The maximum atomic E-state index is 11.3. The van der Waals surface area contributed by atoms with Crippen molar-refractivity contribution in [1.29, 1.82) is 0 Å². The Morgan fingerprint density at radius 3 is 2.58 bits per heavy atom. The predicted octanol–water partition coefficient (Wildman–Crippen LogP) is 1.60. The first-order valence-corrected chi connectivity index (χ1v) is 4.14. The highest BCUT2D eigenvalue weighted by Gasteiger charge is 2.51. The molecule has 1 aliphatic carbocycles. The van der Waals surface area contributed by atoms with Gasteiger partial charge < -0.3 is 4.74 Å². The first-order valence-electron chi connectivity index (χ1n) is 4.14. The lowest BCUT2D eigenvalue weighted by Gasteiger charge is -2.07. The fourth-order valence-corrected chi connectivity index (χ4v) is 1.16. The molecule has 0 bridgehead atoms. The Balaban J connectivity index is 2.38. The largest absolute Gasteiger partial charge is 0.449 e. The van der Waals surface area contributed by atoms with Gasteiger partial charge in [0.1, 0.15) is 0 Å². The lowest BCUT2D eigenvalue weighted by Crippen LogP contribution is -2.16. The van der Waals surface area contributed by atoms with Crippen LogP contribution in [-0.2, 0) is 9.53 Å². The summed E-state index contributed by atoms with van der Waals surface area (Å²) in [5.41, 5.74) is 0.130. The van der Waals surface area contributed by atoms with Crippen LogP contribution < -0.4 is 0 Å². The maximum absolute atomic E-state index is 11.3. The van der Waals surface area contributed by atoms with Crippen molar-refractivity contribution in [2.75, 3.05) is 0 Å². The molecule has 1 rings (SSSR count). The Morgan fingerprint density at radius 2 is 2.25 bits per heavy atom. The molecule has 12 heavy (non-hydrogen) atoms. The molecular weight excluding hydrogens is 152 g/mol. The third kappa shape index (κ3) is 1.79. The van der Waals surface area contributed by atoms with Gasteiger partial charge in [-0.1, -0.05) is 19.8 Å². The van der Waals surface area contributed by atoms with Gasteiger partial charge in [0, 0.05) is 0 Å². The number of ether oxygens (including phenoxy) is 1. The number of esters is 1. The second-order valence-corrected chi connectivity index (χ2v) is 3.99. The van der Waals surface area contributed by atoms with Crippen LogP contribution in [0.1, 0.15) is 27.2 Å². The smallest absolute Gasteiger partial charge is 0.310 e. The van der Waals surface area contributed by atoms with Crippen LogP contribution in [0, 0.1) is 23.7 Å². The van der Waals surface area contributed by atoms with E-state index in [9.17, 15) is 4.79 Å². The van der Waals surface area contributed by atoms with E-state index in [1.807, 2.05) is 0 Å². The molecule has 0 amide bonds. The third-order valence-electron chi connectivity index (χ3n) is 2.33. The standard InChI is InChI=1S/C10H14O2/c1-5-7(2)12-9(11)8-6-10(8,3)4/h1,7-8H,6H2,2-4H3. The molecule has 0 saturated heterocycles. The van der Waals surface area contributed by atoms with E-state index in [1.54, 1.807) is 6.92 Å². The second-order valence-electron chi connectivity index (χ2n) is 3.99. The second kappa shape index (κ2) is 2.82. The molecule has 0 heterocycles. The highest BCUT2D eigenvalue weighted by Crippen LogP contribution is 2.52. The van der Waals surface area contributed by atoms with Crippen molar-refractivity contribution in [2.45, 2.75) is 33.3 Å². The van der Waals surface area contributed by atoms with Crippen molar-refractivity contribution in [3.8, 4) is 12.3 Å². The molecule has 66 valence electrons. The Labute approximate surface area is 73.3 Å². The van der Waals surface area contributed by atoms with Crippen LogP contribution in [0.3, 0.4) is 0 Å². The Morgan fingerprint density at radius 1 is 1.75 bits per heavy atom. The minimum atomic E-state index is -0.395. The fourth-order valence-electron chi connectivity index (χ4n) is 1.16. The van der Waals surface area contributed by atoms with Crippen LogP contribution >= 0.6 is 0 Å². The zero-order valence-electron chi connectivity index (χ0n) is 7.76. The quantitative estimate of drug-likeness (QED) is 0.460. The number of carbonyl (C=O) groups is 1. The summed E-state index contributed by atoms with van der Waals surface area (Å²) in [5.74, 6) is 2.28. The molecule has 2 unspecified atom stereocenters. The lowest BCUT2D eigenvalue weighted by atomic mass is 10.1. The summed E-state index contributed by atoms with van der Waals surface area (Å²) < 4.78 is 4.98. The molecule has 2 nitrogen and oxygen atoms in total. The van der Waals surface area contributed by atoms with Gasteiger partial charge in [-0.15, -0.1) is 6.42 Å². The average Bonchev–Trinajstić information content (AvgIpc) is 2.59. The van der Waals surface area contributed by atoms with Crippen molar-refractivity contribution in [1.82, 2.24) is 0 Å². The van der Waals surface area contributed by atoms with Gasteiger partial charge in [-0.3, -0.25) is 4.79 Å². The van der Waals surface area contributed by atoms with E-state index in [2.05, 4.69) is 19.8 Å². The van der Waals surface area contributed by atoms with Crippen molar-refractivity contribution in [3.63, 3.8) is 0 Å². The van der Waals surface area contributed by atoms with Crippen LogP contribution in [0.15, 0.2) is 0 Å². The van der Waals surface area contributed by atoms with E-state index in [4.69, 9.17) is 11.2 Å². The maximum Gasteiger partial charge on any atom is 0.310 e. The molecule has 0 N–H and O–H groups in total. The van der Waals surface area contributed by atoms with Crippen LogP contribution in [0.2, 0.25) is 0 Å². The summed E-state index contributed by atoms with van der Waals surface area (Å²) in [6.45, 7) is 5.81. The molecule has 1 aliphatic rings. The normalized spacial score (nSPS) is 27.0. The van der Waals surface area contributed by atoms with Crippen LogP contribution in [0.5, 0.6) is 0 Å². The SMILES string of the molecule is C#CC(C)OC(=O)C1CC1(C)C. The molecule has 2 heteroatoms. The summed E-state index contributed by atoms with van der Waals surface area (Å²) in [5, 5.41) is 0. The number of rotatable bonds is 2. The number of terminal acetylenes is 1. The Kier molecular flexibility index (Phi) is 2.14. The highest BCUT2D eigenvalue weighted by molar-refractivity contribution is 5.77. The summed E-state index contributed by atoms with van der Waals surface area (Å²) in [6.07, 6.45) is 5.61. The van der Waals surface area contributed by atoms with E-state index in [-0.39, 0.29) is 17.3 Å². The Hall–Kier alpha value is -0.970. The van der Waals surface area contributed by atoms with Gasteiger partial charge in [-0.05, 0) is 18.8 Å². The van der Waals surface area contributed by atoms with Crippen LogP contribution in [0.25, 0.3) is 0 Å². The van der Waals surface area contributed by atoms with Gasteiger partial charge >= 0.3 is 5.97 Å². The summed E-state index contributed by atoms with van der Waals surface area (Å²) in [7, 11) is 0. The highest BCUT2D eigenvalue weighted by atomic mass is 16.5. The van der Waals surface area contributed by atoms with Gasteiger partial charge in [0.15, 0.2) is 6.10 Å². The summed E-state index contributed by atoms with van der Waals surface area (Å²) in [4.78, 5) is 11.3. The average molecular weight is 166 g/mol. The zero-order chi connectivity index (χ0) is 9.35. The molecule has 0 aromatic carbocycles. The summed E-state index contributed by atoms with van der Waals surface area (Å²) >= 11 is 0. The number of carbonyl (C=O) groups excluding carboxylic acids is 1. The van der Waals surface area contributed by atoms with E-state index in [1.165, 1.54) is 0 Å². The van der Waals surface area contributed by atoms with Gasteiger partial charge in [0.2, 0.25) is 0 Å². The molecular formula is C10H14O2. The van der Waals surface area contributed by atoms with Crippen molar-refractivity contribution in [2.24, 2.45) is 11.3 Å². The molecule has 0 aliphatic heterocycles. The van der Waals surface area contributed by atoms with Gasteiger partial charge in [-0.25, -0.2) is 0 Å². The van der Waals surface area contributed by atoms with Crippen molar-refractivity contribution < 1.29 is 9.53 Å². The minimum absolute atomic E-state index is 0.0632. The lowest BCUT2D eigenvalue weighted by molar-refractivity contribution is -0.148.